The number of nitrogens with one attached hydrogen (secondary N) is 1. The van der Waals surface area contributed by atoms with Gasteiger partial charge >= 0.3 is 0 Å². The Balaban J connectivity index is 1.94. The number of hydrogen-bond donors (Lipinski definition) is 1. The molecule has 1 heterocycles. The van der Waals surface area contributed by atoms with E-state index in [1.807, 2.05) is 6.20 Å². The van der Waals surface area contributed by atoms with E-state index in [1.165, 1.54) is 29.7 Å². The van der Waals surface area contributed by atoms with Gasteiger partial charge < -0.3 is 9.88 Å². The number of nitrogens with zero attached hydrogens (tertiary/aromatic N) is 2. The lowest BCUT2D eigenvalue weighted by molar-refractivity contribution is 0.750. The average molecular weight is 241 g/mol. The maximum atomic E-state index is 4.44. The van der Waals surface area contributed by atoms with Crippen LogP contribution in [0.5, 0.6) is 0 Å². The van der Waals surface area contributed by atoms with E-state index in [4.69, 9.17) is 0 Å². The van der Waals surface area contributed by atoms with Crippen molar-refractivity contribution < 1.29 is 0 Å². The maximum Gasteiger partial charge on any atom is 0.207 e. The van der Waals surface area contributed by atoms with Gasteiger partial charge in [0.2, 0.25) is 5.95 Å². The van der Waals surface area contributed by atoms with Crippen LogP contribution in [0.25, 0.3) is 0 Å². The molecular weight excluding hydrogens is 222 g/mol. The quantitative estimate of drug-likeness (QED) is 0.881. The molecule has 1 aliphatic rings. The first-order valence-electron chi connectivity index (χ1n) is 6.68. The Hall–Kier alpha value is -1.77. The van der Waals surface area contributed by atoms with Crippen LogP contribution in [0.1, 0.15) is 36.9 Å². The third-order valence-corrected chi connectivity index (χ3v) is 3.59. The van der Waals surface area contributed by atoms with E-state index < -0.39 is 0 Å². The molecule has 2 aromatic rings. The largest absolute Gasteiger partial charge is 0.325 e. The summed E-state index contributed by atoms with van der Waals surface area (Å²) < 4.78 is 2.26. The summed E-state index contributed by atoms with van der Waals surface area (Å²) in [4.78, 5) is 4.44. The van der Waals surface area contributed by atoms with Crippen molar-refractivity contribution in [2.75, 3.05) is 5.32 Å². The number of rotatable bonds is 4. The SMILES string of the molecule is CCc1cccc(C)c1Nc1nccn1C1CC1. The number of anilines is 2. The monoisotopic (exact) mass is 241 g/mol. The molecule has 0 atom stereocenters. The van der Waals surface area contributed by atoms with Gasteiger partial charge in [-0.05, 0) is 37.3 Å². The van der Waals surface area contributed by atoms with E-state index in [9.17, 15) is 0 Å². The number of benzene rings is 1. The highest BCUT2D eigenvalue weighted by atomic mass is 15.2. The second-order valence-electron chi connectivity index (χ2n) is 4.98. The molecule has 0 radical (unpaired) electrons. The molecule has 0 unspecified atom stereocenters. The summed E-state index contributed by atoms with van der Waals surface area (Å²) in [6, 6.07) is 7.10. The Labute approximate surface area is 108 Å². The summed E-state index contributed by atoms with van der Waals surface area (Å²) in [6.45, 7) is 4.33. The molecule has 0 spiro atoms. The van der Waals surface area contributed by atoms with Gasteiger partial charge in [0.1, 0.15) is 0 Å². The van der Waals surface area contributed by atoms with Crippen LogP contribution in [-0.4, -0.2) is 9.55 Å². The van der Waals surface area contributed by atoms with E-state index in [2.05, 4.69) is 53.1 Å². The van der Waals surface area contributed by atoms with Crippen molar-refractivity contribution in [3.63, 3.8) is 0 Å². The molecule has 1 aliphatic carbocycles. The molecule has 0 bridgehead atoms. The predicted molar refractivity (Wildman–Crippen MR) is 74.3 cm³/mol. The van der Waals surface area contributed by atoms with Crippen LogP contribution in [0.4, 0.5) is 11.6 Å². The molecule has 18 heavy (non-hydrogen) atoms. The molecule has 3 nitrogen and oxygen atoms in total. The zero-order valence-electron chi connectivity index (χ0n) is 11.0. The second-order valence-corrected chi connectivity index (χ2v) is 4.98. The lowest BCUT2D eigenvalue weighted by Crippen LogP contribution is -2.04. The van der Waals surface area contributed by atoms with Gasteiger partial charge in [-0.25, -0.2) is 4.98 Å². The summed E-state index contributed by atoms with van der Waals surface area (Å²) in [6.07, 6.45) is 7.54. The number of imidazole rings is 1. The fraction of sp³-hybridized carbons (Fsp3) is 0.400. The molecule has 1 fully saturated rings. The van der Waals surface area contributed by atoms with Gasteiger partial charge in [-0.3, -0.25) is 0 Å². The molecule has 0 amide bonds. The standard InChI is InChI=1S/C15H19N3/c1-3-12-6-4-5-11(2)14(12)17-15-16-9-10-18(15)13-7-8-13/h4-6,9-10,13H,3,7-8H2,1-2H3,(H,16,17). The van der Waals surface area contributed by atoms with Crippen molar-refractivity contribution in [3.8, 4) is 0 Å². The Morgan fingerprint density at radius 2 is 2.22 bits per heavy atom. The van der Waals surface area contributed by atoms with Gasteiger partial charge in [-0.15, -0.1) is 0 Å². The zero-order valence-corrected chi connectivity index (χ0v) is 11.0. The normalized spacial score (nSPS) is 14.8. The van der Waals surface area contributed by atoms with Crippen LogP contribution in [-0.2, 0) is 6.42 Å². The highest BCUT2D eigenvalue weighted by molar-refractivity contribution is 5.63. The number of aromatic nitrogens is 2. The Morgan fingerprint density at radius 3 is 2.94 bits per heavy atom. The highest BCUT2D eigenvalue weighted by Gasteiger charge is 2.25. The molecule has 3 rings (SSSR count). The van der Waals surface area contributed by atoms with E-state index in [-0.39, 0.29) is 0 Å². The zero-order chi connectivity index (χ0) is 12.5. The van der Waals surface area contributed by atoms with Crippen LogP contribution in [0.15, 0.2) is 30.6 Å². The van der Waals surface area contributed by atoms with E-state index in [0.717, 1.165) is 12.4 Å². The van der Waals surface area contributed by atoms with E-state index in [1.54, 1.807) is 0 Å². The minimum atomic E-state index is 0.657. The van der Waals surface area contributed by atoms with Crippen LogP contribution in [0.3, 0.4) is 0 Å². The molecule has 0 saturated heterocycles. The lowest BCUT2D eigenvalue weighted by Gasteiger charge is -2.14. The van der Waals surface area contributed by atoms with Crippen LogP contribution in [0.2, 0.25) is 0 Å². The Kier molecular flexibility index (Phi) is 2.82. The van der Waals surface area contributed by atoms with Gasteiger partial charge in [-0.1, -0.05) is 25.1 Å². The molecule has 1 aromatic carbocycles. The Morgan fingerprint density at radius 1 is 1.39 bits per heavy atom. The average Bonchev–Trinajstić information content (AvgIpc) is 3.12. The summed E-state index contributed by atoms with van der Waals surface area (Å²) in [5.74, 6) is 0.974. The fourth-order valence-electron chi connectivity index (χ4n) is 2.37. The van der Waals surface area contributed by atoms with Crippen LogP contribution < -0.4 is 5.32 Å². The van der Waals surface area contributed by atoms with Crippen LogP contribution in [0, 0.1) is 6.92 Å². The van der Waals surface area contributed by atoms with Crippen LogP contribution >= 0.6 is 0 Å². The van der Waals surface area contributed by atoms with E-state index >= 15 is 0 Å². The number of hydrogen-bond acceptors (Lipinski definition) is 2. The first-order valence-corrected chi connectivity index (χ1v) is 6.68. The molecule has 3 heteroatoms. The molecule has 94 valence electrons. The fourth-order valence-corrected chi connectivity index (χ4v) is 2.37. The first-order chi connectivity index (χ1) is 8.79. The summed E-state index contributed by atoms with van der Waals surface area (Å²) in [7, 11) is 0. The van der Waals surface area contributed by atoms with Crippen molar-refractivity contribution in [2.24, 2.45) is 0 Å². The summed E-state index contributed by atoms with van der Waals surface area (Å²) in [5, 5.41) is 3.51. The van der Waals surface area contributed by atoms with Crippen molar-refractivity contribution in [2.45, 2.75) is 39.2 Å². The topological polar surface area (TPSA) is 29.9 Å². The van der Waals surface area contributed by atoms with Gasteiger partial charge in [0.15, 0.2) is 0 Å². The maximum absolute atomic E-state index is 4.44. The van der Waals surface area contributed by atoms with Gasteiger partial charge in [0.05, 0.1) is 0 Å². The molecule has 1 aromatic heterocycles. The summed E-state index contributed by atoms with van der Waals surface area (Å²) >= 11 is 0. The smallest absolute Gasteiger partial charge is 0.207 e. The van der Waals surface area contributed by atoms with Crippen molar-refractivity contribution in [1.82, 2.24) is 9.55 Å². The summed E-state index contributed by atoms with van der Waals surface area (Å²) in [5.41, 5.74) is 3.84. The molecule has 1 N–H and O–H groups in total. The van der Waals surface area contributed by atoms with Gasteiger partial charge in [0.25, 0.3) is 0 Å². The van der Waals surface area contributed by atoms with Gasteiger partial charge in [-0.2, -0.15) is 0 Å². The third kappa shape index (κ3) is 2.01. The van der Waals surface area contributed by atoms with Crippen molar-refractivity contribution >= 4 is 11.6 Å². The molecule has 0 aliphatic heterocycles. The molecular formula is C15H19N3. The lowest BCUT2D eigenvalue weighted by atomic mass is 10.1. The van der Waals surface area contributed by atoms with E-state index in [0.29, 0.717) is 6.04 Å². The van der Waals surface area contributed by atoms with Crippen molar-refractivity contribution in [3.05, 3.63) is 41.7 Å². The minimum absolute atomic E-state index is 0.657. The molecule has 1 saturated carbocycles. The first kappa shape index (κ1) is 11.3. The highest BCUT2D eigenvalue weighted by Crippen LogP contribution is 2.37. The predicted octanol–water partition coefficient (Wildman–Crippen LogP) is 3.83. The third-order valence-electron chi connectivity index (χ3n) is 3.59. The minimum Gasteiger partial charge on any atom is -0.325 e. The second kappa shape index (κ2) is 4.48. The number of aryl methyl sites for hydroxylation is 2. The number of para-hydroxylation sites is 1. The van der Waals surface area contributed by atoms with Crippen molar-refractivity contribution in [1.29, 1.82) is 0 Å². The van der Waals surface area contributed by atoms with Gasteiger partial charge in [0, 0.05) is 24.1 Å². The Bertz CT molecular complexity index is 553.